The number of nitrogens with zero attached hydrogens (tertiary/aromatic N) is 1. The van der Waals surface area contributed by atoms with Crippen molar-refractivity contribution >= 4 is 87.5 Å². The molecule has 3 heterocycles. The molecule has 0 radical (unpaired) electrons. The van der Waals surface area contributed by atoms with Crippen molar-refractivity contribution in [2.24, 2.45) is 0 Å². The zero-order chi connectivity index (χ0) is 15.0. The Hall–Kier alpha value is -0.120. The van der Waals surface area contributed by atoms with E-state index in [1.54, 1.807) is 22.7 Å². The van der Waals surface area contributed by atoms with Crippen molar-refractivity contribution in [3.8, 4) is 9.88 Å². The molecule has 8 heteroatoms. The maximum atomic E-state index is 6.10. The number of rotatable bonds is 4. The average molecular weight is 480 g/mol. The van der Waals surface area contributed by atoms with Crippen molar-refractivity contribution in [2.75, 3.05) is 5.73 Å². The lowest BCUT2D eigenvalue weighted by molar-refractivity contribution is 1.22. The number of hydrogen-bond acceptors (Lipinski definition) is 6. The fourth-order valence-corrected chi connectivity index (χ4v) is 6.17. The van der Waals surface area contributed by atoms with Crippen LogP contribution in [-0.2, 0) is 0 Å². The zero-order valence-electron chi connectivity index (χ0n) is 10.4. The van der Waals surface area contributed by atoms with Crippen LogP contribution in [0.1, 0.15) is 4.88 Å². The van der Waals surface area contributed by atoms with Crippen LogP contribution in [0.2, 0.25) is 0 Å². The minimum Gasteiger partial charge on any atom is -0.388 e. The average Bonchev–Trinajstić information content (AvgIpc) is 3.12. The van der Waals surface area contributed by atoms with Gasteiger partial charge in [0.05, 0.1) is 12.4 Å². The Morgan fingerprint density at radius 1 is 1.10 bits per heavy atom. The van der Waals surface area contributed by atoms with Gasteiger partial charge in [-0.25, -0.2) is 4.98 Å². The lowest BCUT2D eigenvalue weighted by Crippen LogP contribution is -1.82. The first-order valence-electron chi connectivity index (χ1n) is 5.67. The number of hydrogen-bond donors (Lipinski definition) is 1. The Labute approximate surface area is 155 Å². The molecule has 2 nitrogen and oxygen atoms in total. The Morgan fingerprint density at radius 2 is 1.81 bits per heavy atom. The van der Waals surface area contributed by atoms with Crippen LogP contribution in [0.3, 0.4) is 0 Å². The summed E-state index contributed by atoms with van der Waals surface area (Å²) in [6.07, 6.45) is 0. The number of halogens is 2. The highest BCUT2D eigenvalue weighted by Gasteiger charge is 2.14. The molecule has 0 aromatic carbocycles. The van der Waals surface area contributed by atoms with Gasteiger partial charge < -0.3 is 5.73 Å². The molecule has 0 saturated carbocycles. The predicted octanol–water partition coefficient (Wildman–Crippen LogP) is 6.80. The molecule has 0 unspecified atom stereocenters. The summed E-state index contributed by atoms with van der Waals surface area (Å²) in [6, 6.07) is 8.13. The predicted molar refractivity (Wildman–Crippen MR) is 104 cm³/mol. The van der Waals surface area contributed by atoms with Gasteiger partial charge >= 0.3 is 0 Å². The summed E-state index contributed by atoms with van der Waals surface area (Å²) in [5, 5.41) is 2.51. The molecule has 0 fully saturated rings. The number of aromatic nitrogens is 1. The quantitative estimate of drug-likeness (QED) is 0.418. The number of anilines is 1. The molecule has 2 N–H and O–H groups in total. The first-order chi connectivity index (χ1) is 10.0. The van der Waals surface area contributed by atoms with E-state index in [-0.39, 0.29) is 0 Å². The molecule has 3 rings (SSSR count). The lowest BCUT2D eigenvalue weighted by atomic mass is 10.5. The largest absolute Gasteiger partial charge is 0.388 e. The molecule has 108 valence electrons. The van der Waals surface area contributed by atoms with Crippen LogP contribution in [-0.4, -0.2) is 4.98 Å². The minimum atomic E-state index is 0.733. The molecule has 0 aliphatic carbocycles. The molecule has 0 amide bonds. The van der Waals surface area contributed by atoms with Gasteiger partial charge in [-0.2, -0.15) is 0 Å². The number of thiazole rings is 1. The number of thiophene rings is 2. The van der Waals surface area contributed by atoms with Gasteiger partial charge in [0.25, 0.3) is 0 Å². The third kappa shape index (κ3) is 3.62. The van der Waals surface area contributed by atoms with Crippen LogP contribution < -0.4 is 5.73 Å². The smallest absolute Gasteiger partial charge is 0.136 e. The van der Waals surface area contributed by atoms with Crippen molar-refractivity contribution in [3.05, 3.63) is 43.3 Å². The molecule has 0 bridgehead atoms. The molecular weight excluding hydrogens is 472 g/mol. The maximum Gasteiger partial charge on any atom is 0.136 e. The monoisotopic (exact) mass is 478 g/mol. The van der Waals surface area contributed by atoms with Gasteiger partial charge in [-0.15, -0.1) is 22.7 Å². The van der Waals surface area contributed by atoms with Gasteiger partial charge in [-0.1, -0.05) is 29.7 Å². The summed E-state index contributed by atoms with van der Waals surface area (Å²) < 4.78 is 2.18. The van der Waals surface area contributed by atoms with Gasteiger partial charge in [0.1, 0.15) is 15.0 Å². The highest BCUT2D eigenvalue weighted by atomic mass is 79.9. The fourth-order valence-electron chi connectivity index (χ4n) is 1.56. The van der Waals surface area contributed by atoms with E-state index in [0.29, 0.717) is 0 Å². The van der Waals surface area contributed by atoms with Gasteiger partial charge in [-0.05, 0) is 56.1 Å². The topological polar surface area (TPSA) is 38.9 Å². The Morgan fingerprint density at radius 3 is 2.43 bits per heavy atom. The van der Waals surface area contributed by atoms with Crippen molar-refractivity contribution in [1.82, 2.24) is 4.98 Å². The second-order valence-electron chi connectivity index (χ2n) is 3.92. The molecule has 3 aromatic rings. The highest BCUT2D eigenvalue weighted by Crippen LogP contribution is 2.44. The highest BCUT2D eigenvalue weighted by molar-refractivity contribution is 9.11. The molecule has 0 saturated heterocycles. The summed E-state index contributed by atoms with van der Waals surface area (Å²) in [6.45, 7) is 4.12. The van der Waals surface area contributed by atoms with E-state index in [1.807, 2.05) is 24.3 Å². The third-order valence-corrected chi connectivity index (χ3v) is 8.06. The molecule has 0 aliphatic heterocycles. The summed E-state index contributed by atoms with van der Waals surface area (Å²) >= 11 is 13.3. The second-order valence-corrected chi connectivity index (χ2v) is 11.0. The number of nitrogens with two attached hydrogens (primary N) is 1. The minimum absolute atomic E-state index is 0.733. The summed E-state index contributed by atoms with van der Waals surface area (Å²) in [4.78, 5) is 7.85. The molecule has 3 aromatic heterocycles. The van der Waals surface area contributed by atoms with Crippen LogP contribution in [0, 0.1) is 0 Å². The van der Waals surface area contributed by atoms with E-state index in [9.17, 15) is 0 Å². The van der Waals surface area contributed by atoms with Gasteiger partial charge in [0, 0.05) is 9.78 Å². The van der Waals surface area contributed by atoms with Crippen molar-refractivity contribution in [2.45, 2.75) is 5.03 Å². The molecule has 0 atom stereocenters. The normalized spacial score (nSPS) is 11.0. The van der Waals surface area contributed by atoms with Crippen molar-refractivity contribution in [1.29, 1.82) is 0 Å². The zero-order valence-corrected chi connectivity index (χ0v) is 16.9. The standard InChI is InChI=1S/C13H8Br2N2S4/c1-6(7-2-4-9(14)19-7)18-13-11(16)21-12(17-13)8-3-5-10(15)20-8/h2-5H,1,16H2. The molecule has 0 spiro atoms. The number of nitrogen functional groups attached to an aromatic ring is 1. The van der Waals surface area contributed by atoms with Gasteiger partial charge in [0.15, 0.2) is 0 Å². The maximum absolute atomic E-state index is 6.10. The lowest BCUT2D eigenvalue weighted by Gasteiger charge is -2.00. The first-order valence-corrected chi connectivity index (χ1v) is 10.5. The van der Waals surface area contributed by atoms with Crippen LogP contribution in [0.15, 0.2) is 43.4 Å². The van der Waals surface area contributed by atoms with Gasteiger partial charge in [-0.3, -0.25) is 0 Å². The SMILES string of the molecule is C=C(Sc1nc(-c2ccc(Br)s2)sc1N)c1ccc(Br)s1. The Bertz CT molecular complexity index is 803. The molecule has 21 heavy (non-hydrogen) atoms. The Balaban J connectivity index is 1.83. The Kier molecular flexibility index (Phi) is 4.92. The van der Waals surface area contributed by atoms with Crippen molar-refractivity contribution in [3.63, 3.8) is 0 Å². The van der Waals surface area contributed by atoms with Crippen LogP contribution >= 0.6 is 77.6 Å². The van der Waals surface area contributed by atoms with E-state index in [2.05, 4.69) is 43.4 Å². The number of thioether (sulfide) groups is 1. The summed E-state index contributed by atoms with van der Waals surface area (Å²) in [5.74, 6) is 0. The fraction of sp³-hybridized carbons (Fsp3) is 0. The summed E-state index contributed by atoms with van der Waals surface area (Å²) in [5.41, 5.74) is 6.10. The van der Waals surface area contributed by atoms with Crippen LogP contribution in [0.4, 0.5) is 5.00 Å². The summed E-state index contributed by atoms with van der Waals surface area (Å²) in [7, 11) is 0. The van der Waals surface area contributed by atoms with Crippen LogP contribution in [0.5, 0.6) is 0 Å². The van der Waals surface area contributed by atoms with E-state index in [4.69, 9.17) is 5.73 Å². The van der Waals surface area contributed by atoms with Crippen LogP contribution in [0.25, 0.3) is 14.8 Å². The third-order valence-electron chi connectivity index (χ3n) is 2.47. The first kappa shape index (κ1) is 15.8. The van der Waals surface area contributed by atoms with Gasteiger partial charge in [0.2, 0.25) is 0 Å². The van der Waals surface area contributed by atoms with E-state index < -0.39 is 0 Å². The molecule has 0 aliphatic rings. The van der Waals surface area contributed by atoms with E-state index >= 15 is 0 Å². The van der Waals surface area contributed by atoms with E-state index in [0.717, 1.165) is 37.3 Å². The second kappa shape index (κ2) is 6.55. The molecular formula is C13H8Br2N2S4. The van der Waals surface area contributed by atoms with E-state index in [1.165, 1.54) is 23.1 Å². The van der Waals surface area contributed by atoms with Crippen molar-refractivity contribution < 1.29 is 0 Å².